The second-order valence-electron chi connectivity index (χ2n) is 4.94. The van der Waals surface area contributed by atoms with E-state index in [-0.39, 0.29) is 0 Å². The molecule has 0 radical (unpaired) electrons. The monoisotopic (exact) mass is 261 g/mol. The van der Waals surface area contributed by atoms with Crippen LogP contribution < -0.4 is 0 Å². The van der Waals surface area contributed by atoms with Gasteiger partial charge in [0.15, 0.2) is 0 Å². The van der Waals surface area contributed by atoms with Gasteiger partial charge in [0, 0.05) is 13.1 Å². The molecule has 1 fully saturated rings. The highest BCUT2D eigenvalue weighted by atomic mass is 15.4. The van der Waals surface area contributed by atoms with Crippen LogP contribution in [0.3, 0.4) is 0 Å². The van der Waals surface area contributed by atoms with Gasteiger partial charge in [0.1, 0.15) is 12.2 Å². The summed E-state index contributed by atoms with van der Waals surface area (Å²) < 4.78 is 1.98. The summed E-state index contributed by atoms with van der Waals surface area (Å²) in [5.74, 6) is 0.964. The van der Waals surface area contributed by atoms with Gasteiger partial charge in [0.25, 0.3) is 0 Å². The van der Waals surface area contributed by atoms with Crippen molar-refractivity contribution in [1.29, 1.82) is 0 Å². The van der Waals surface area contributed by atoms with Crippen LogP contribution in [0.25, 0.3) is 0 Å². The van der Waals surface area contributed by atoms with Gasteiger partial charge in [0.05, 0.1) is 17.4 Å². The Morgan fingerprint density at radius 3 is 3.11 bits per heavy atom. The average Bonchev–Trinajstić information content (AvgIpc) is 3.12. The summed E-state index contributed by atoms with van der Waals surface area (Å²) in [6.07, 6.45) is 3.90. The molecular weight excluding hydrogens is 242 g/mol. The maximum atomic E-state index is 4.30. The Kier molecular flexibility index (Phi) is 3.29. The highest BCUT2D eigenvalue weighted by Gasteiger charge is 2.29. The first-order chi connectivity index (χ1) is 9.29. The molecule has 7 heteroatoms. The van der Waals surface area contributed by atoms with Crippen LogP contribution in [-0.2, 0) is 13.1 Å². The third-order valence-electron chi connectivity index (χ3n) is 3.80. The third kappa shape index (κ3) is 2.25. The van der Waals surface area contributed by atoms with E-state index in [1.54, 1.807) is 6.33 Å². The van der Waals surface area contributed by atoms with Crippen molar-refractivity contribution < 1.29 is 0 Å². The predicted octanol–water partition coefficient (Wildman–Crippen LogP) is 1.06. The van der Waals surface area contributed by atoms with Crippen LogP contribution in [0.1, 0.15) is 43.0 Å². The molecule has 1 atom stereocenters. The van der Waals surface area contributed by atoms with Crippen LogP contribution in [0.15, 0.2) is 6.33 Å². The molecule has 0 spiro atoms. The van der Waals surface area contributed by atoms with Crippen LogP contribution in [0.2, 0.25) is 0 Å². The van der Waals surface area contributed by atoms with Crippen LogP contribution in [0, 0.1) is 6.92 Å². The molecule has 0 aromatic carbocycles. The zero-order chi connectivity index (χ0) is 13.2. The number of aryl methyl sites for hydroxylation is 2. The lowest BCUT2D eigenvalue weighted by Crippen LogP contribution is -2.25. The van der Waals surface area contributed by atoms with Crippen LogP contribution in [0.5, 0.6) is 0 Å². The molecule has 0 aliphatic carbocycles. The fraction of sp³-hybridized carbons (Fsp3) is 0.667. The summed E-state index contributed by atoms with van der Waals surface area (Å²) >= 11 is 0. The largest absolute Gasteiger partial charge is 0.287 e. The lowest BCUT2D eigenvalue weighted by Gasteiger charge is -2.22. The van der Waals surface area contributed by atoms with Crippen LogP contribution in [-0.4, -0.2) is 41.6 Å². The first-order valence-corrected chi connectivity index (χ1v) is 6.78. The second kappa shape index (κ2) is 5.08. The second-order valence-corrected chi connectivity index (χ2v) is 4.94. The fourth-order valence-corrected chi connectivity index (χ4v) is 2.76. The minimum Gasteiger partial charge on any atom is -0.287 e. The Bertz CT molecular complexity index is 530. The average molecular weight is 261 g/mol. The van der Waals surface area contributed by atoms with Gasteiger partial charge in [-0.1, -0.05) is 5.21 Å². The van der Waals surface area contributed by atoms with E-state index in [1.165, 1.54) is 12.1 Å². The van der Waals surface area contributed by atoms with Gasteiger partial charge < -0.3 is 0 Å². The standard InChI is InChI=1S/C12H19N7/c1-3-19-11(9(2)15-17-19)7-18-6-4-5-10(18)12-13-8-14-16-12/h8,10H,3-7H2,1-2H3,(H,13,14,16)/t10-/m0/s1. The smallest absolute Gasteiger partial charge is 0.141 e. The highest BCUT2D eigenvalue weighted by molar-refractivity contribution is 5.09. The molecule has 0 unspecified atom stereocenters. The molecule has 19 heavy (non-hydrogen) atoms. The lowest BCUT2D eigenvalue weighted by molar-refractivity contribution is 0.232. The number of nitrogens with one attached hydrogen (secondary N) is 1. The maximum Gasteiger partial charge on any atom is 0.141 e. The summed E-state index contributed by atoms with van der Waals surface area (Å²) in [6, 6.07) is 0.335. The summed E-state index contributed by atoms with van der Waals surface area (Å²) in [6.45, 7) is 6.93. The van der Waals surface area contributed by atoms with Crippen LogP contribution in [0.4, 0.5) is 0 Å². The van der Waals surface area contributed by atoms with E-state index in [9.17, 15) is 0 Å². The highest BCUT2D eigenvalue weighted by Crippen LogP contribution is 2.31. The number of hydrogen-bond acceptors (Lipinski definition) is 5. The minimum absolute atomic E-state index is 0.335. The first kappa shape index (κ1) is 12.3. The van der Waals surface area contributed by atoms with Crippen molar-refractivity contribution in [3.8, 4) is 0 Å². The zero-order valence-electron chi connectivity index (χ0n) is 11.4. The molecule has 102 valence electrons. The van der Waals surface area contributed by atoms with E-state index in [1.807, 2.05) is 11.6 Å². The molecule has 0 saturated carbocycles. The van der Waals surface area contributed by atoms with Gasteiger partial charge in [-0.3, -0.25) is 10.00 Å². The molecule has 1 aliphatic heterocycles. The van der Waals surface area contributed by atoms with Crippen molar-refractivity contribution >= 4 is 0 Å². The summed E-state index contributed by atoms with van der Waals surface area (Å²) in [4.78, 5) is 6.73. The number of H-pyrrole nitrogens is 1. The molecule has 2 aromatic heterocycles. The molecule has 0 bridgehead atoms. The first-order valence-electron chi connectivity index (χ1n) is 6.78. The molecule has 1 N–H and O–H groups in total. The van der Waals surface area contributed by atoms with E-state index in [2.05, 4.69) is 37.3 Å². The molecule has 1 aliphatic rings. The zero-order valence-corrected chi connectivity index (χ0v) is 11.4. The Hall–Kier alpha value is -1.76. The molecule has 0 amide bonds. The van der Waals surface area contributed by atoms with Crippen molar-refractivity contribution in [3.63, 3.8) is 0 Å². The van der Waals surface area contributed by atoms with Gasteiger partial charge >= 0.3 is 0 Å². The number of hydrogen-bond donors (Lipinski definition) is 1. The maximum absolute atomic E-state index is 4.30. The van der Waals surface area contributed by atoms with Gasteiger partial charge in [-0.2, -0.15) is 5.10 Å². The quantitative estimate of drug-likeness (QED) is 0.890. The van der Waals surface area contributed by atoms with Gasteiger partial charge in [-0.15, -0.1) is 5.10 Å². The third-order valence-corrected chi connectivity index (χ3v) is 3.80. The minimum atomic E-state index is 0.335. The Morgan fingerprint density at radius 2 is 2.37 bits per heavy atom. The summed E-state index contributed by atoms with van der Waals surface area (Å²) in [5, 5.41) is 15.3. The topological polar surface area (TPSA) is 75.5 Å². The molecular formula is C12H19N7. The van der Waals surface area contributed by atoms with Gasteiger partial charge in [0.2, 0.25) is 0 Å². The van der Waals surface area contributed by atoms with Crippen molar-refractivity contribution in [2.45, 2.75) is 45.8 Å². The number of likely N-dealkylation sites (tertiary alicyclic amines) is 1. The normalized spacial score (nSPS) is 20.2. The summed E-state index contributed by atoms with van der Waals surface area (Å²) in [7, 11) is 0. The summed E-state index contributed by atoms with van der Waals surface area (Å²) in [5.41, 5.74) is 2.22. The van der Waals surface area contributed by atoms with Crippen LogP contribution >= 0.6 is 0 Å². The van der Waals surface area contributed by atoms with Gasteiger partial charge in [-0.25, -0.2) is 9.67 Å². The van der Waals surface area contributed by atoms with E-state index < -0.39 is 0 Å². The molecule has 3 heterocycles. The number of aromatic nitrogens is 6. The fourth-order valence-electron chi connectivity index (χ4n) is 2.76. The van der Waals surface area contributed by atoms with E-state index in [4.69, 9.17) is 0 Å². The Balaban J connectivity index is 1.80. The number of nitrogens with zero attached hydrogens (tertiary/aromatic N) is 6. The lowest BCUT2D eigenvalue weighted by atomic mass is 10.2. The Morgan fingerprint density at radius 1 is 1.47 bits per heavy atom. The number of rotatable bonds is 4. The molecule has 3 rings (SSSR count). The predicted molar refractivity (Wildman–Crippen MR) is 69.2 cm³/mol. The Labute approximate surface area is 112 Å². The molecule has 2 aromatic rings. The van der Waals surface area contributed by atoms with Crippen molar-refractivity contribution in [1.82, 2.24) is 35.1 Å². The van der Waals surface area contributed by atoms with Crippen molar-refractivity contribution in [3.05, 3.63) is 23.5 Å². The number of aromatic amines is 1. The van der Waals surface area contributed by atoms with E-state index in [0.29, 0.717) is 6.04 Å². The van der Waals surface area contributed by atoms with E-state index >= 15 is 0 Å². The van der Waals surface area contributed by atoms with Crippen molar-refractivity contribution in [2.75, 3.05) is 6.54 Å². The van der Waals surface area contributed by atoms with Gasteiger partial charge in [-0.05, 0) is 33.2 Å². The molecule has 7 nitrogen and oxygen atoms in total. The van der Waals surface area contributed by atoms with Crippen molar-refractivity contribution in [2.24, 2.45) is 0 Å². The van der Waals surface area contributed by atoms with E-state index in [0.717, 1.165) is 37.6 Å². The SMILES string of the molecule is CCn1nnc(C)c1CN1CCC[C@H]1c1ncn[nH]1. The molecule has 1 saturated heterocycles.